The molecule has 3 fully saturated rings. The zero-order valence-electron chi connectivity index (χ0n) is 26.6. The average Bonchev–Trinajstić information content (AvgIpc) is 3.61. The first kappa shape index (κ1) is 32.4. The van der Waals surface area contributed by atoms with Crippen molar-refractivity contribution in [2.45, 2.75) is 113 Å². The molecule has 0 aromatic heterocycles. The summed E-state index contributed by atoms with van der Waals surface area (Å²) in [6, 6.07) is 5.10. The number of rotatable bonds is 9. The lowest BCUT2D eigenvalue weighted by atomic mass is 9.83. The molecule has 0 spiro atoms. The van der Waals surface area contributed by atoms with E-state index in [-0.39, 0.29) is 24.4 Å². The van der Waals surface area contributed by atoms with Crippen LogP contribution in [0.15, 0.2) is 29.7 Å². The molecule has 3 aliphatic heterocycles. The Morgan fingerprint density at radius 2 is 1.80 bits per heavy atom. The number of hydrogen-bond acceptors (Lipinski definition) is 7. The van der Waals surface area contributed by atoms with Crippen LogP contribution >= 0.6 is 11.8 Å². The van der Waals surface area contributed by atoms with Crippen LogP contribution in [0.25, 0.3) is 0 Å². The first-order valence-electron chi connectivity index (χ1n) is 17.5. The van der Waals surface area contributed by atoms with E-state index in [0.717, 1.165) is 45.2 Å². The van der Waals surface area contributed by atoms with Gasteiger partial charge in [-0.1, -0.05) is 63.5 Å². The summed E-state index contributed by atoms with van der Waals surface area (Å²) in [5.74, 6) is 0.880. The van der Waals surface area contributed by atoms with Gasteiger partial charge in [-0.15, -0.1) is 11.8 Å². The number of nitrogens with zero attached hydrogens (tertiary/aromatic N) is 2. The maximum absolute atomic E-state index is 14.5. The van der Waals surface area contributed by atoms with Crippen LogP contribution < -0.4 is 20.7 Å². The predicted octanol–water partition coefficient (Wildman–Crippen LogP) is 4.74. The van der Waals surface area contributed by atoms with Crippen LogP contribution in [-0.4, -0.2) is 83.8 Å². The molecule has 1 saturated heterocycles. The predicted molar refractivity (Wildman–Crippen MR) is 178 cm³/mol. The number of carbonyl (C=O) groups excluding carboxylic acids is 3. The summed E-state index contributed by atoms with van der Waals surface area (Å²) in [6.07, 6.45) is 16.2. The van der Waals surface area contributed by atoms with Crippen molar-refractivity contribution in [2.75, 3.05) is 32.7 Å². The smallest absolute Gasteiger partial charge is 0.410 e. The number of piperazine rings is 1. The quantitative estimate of drug-likeness (QED) is 0.360. The Hall–Kier alpha value is -2.56. The van der Waals surface area contributed by atoms with Gasteiger partial charge in [-0.25, -0.2) is 4.79 Å². The molecule has 5 aliphatic rings. The Kier molecular flexibility index (Phi) is 11.4. The van der Waals surface area contributed by atoms with Gasteiger partial charge in [0.15, 0.2) is 0 Å². The van der Waals surface area contributed by atoms with Crippen molar-refractivity contribution in [3.05, 3.63) is 40.8 Å². The minimum Gasteiger partial charge on any atom is -0.410 e. The highest BCUT2D eigenvalue weighted by Crippen LogP contribution is 2.30. The van der Waals surface area contributed by atoms with Gasteiger partial charge in [-0.3, -0.25) is 9.59 Å². The van der Waals surface area contributed by atoms with Crippen LogP contribution in [0.2, 0.25) is 0 Å². The summed E-state index contributed by atoms with van der Waals surface area (Å²) in [5, 5.41) is 12.7. The van der Waals surface area contributed by atoms with Crippen molar-refractivity contribution in [3.63, 3.8) is 0 Å². The molecule has 1 aromatic carbocycles. The number of ether oxygens (including phenoxy) is 1. The van der Waals surface area contributed by atoms with Gasteiger partial charge in [0.2, 0.25) is 11.8 Å². The molecule has 2 saturated carbocycles. The molecule has 3 heterocycles. The summed E-state index contributed by atoms with van der Waals surface area (Å²) in [5.41, 5.74) is 2.42. The number of fused-ring (bicyclic) bond motifs is 1. The third-order valence-electron chi connectivity index (χ3n) is 10.4. The van der Waals surface area contributed by atoms with Gasteiger partial charge in [0.1, 0.15) is 11.8 Å². The molecular weight excluding hydrogens is 586 g/mol. The van der Waals surface area contributed by atoms with Gasteiger partial charge in [0, 0.05) is 37.5 Å². The van der Waals surface area contributed by atoms with E-state index in [4.69, 9.17) is 4.74 Å². The van der Waals surface area contributed by atoms with Crippen LogP contribution in [0.5, 0.6) is 5.75 Å². The standard InChI is InChI=1S/C35H51N5O4S/c41-33(37-23-30-12-7-19-45-30)32-24-39(35(43)44-29-14-13-27-22-36-16-15-26(27)21-29)17-18-40(32)34(42)31(20-25-8-3-1-4-9-25)38-28-10-5-2-6-11-28/h7,13-14,19,21,25,28,30-32,36,38H,1-6,8-12,15-18,20,22-24H2,(H,37,41)/t30?,31-,32+/m1/s1. The van der Waals surface area contributed by atoms with E-state index in [1.807, 2.05) is 18.2 Å². The van der Waals surface area contributed by atoms with E-state index in [1.54, 1.807) is 21.6 Å². The Balaban J connectivity index is 1.16. The number of benzene rings is 1. The van der Waals surface area contributed by atoms with Crippen LogP contribution in [0.1, 0.15) is 88.2 Å². The highest BCUT2D eigenvalue weighted by atomic mass is 32.2. The van der Waals surface area contributed by atoms with Crippen molar-refractivity contribution in [2.24, 2.45) is 5.92 Å². The molecule has 3 N–H and O–H groups in total. The van der Waals surface area contributed by atoms with Crippen molar-refractivity contribution in [1.29, 1.82) is 0 Å². The lowest BCUT2D eigenvalue weighted by Gasteiger charge is -2.42. The SMILES string of the molecule is O=C(NCC1CC=CS1)[C@@H]1CN(C(=O)Oc2ccc3c(c2)CCNC3)CCN1C(=O)[C@@H](CC1CCCCC1)NC1CCCCC1. The van der Waals surface area contributed by atoms with Crippen molar-refractivity contribution in [3.8, 4) is 5.75 Å². The molecule has 9 nitrogen and oxygen atoms in total. The van der Waals surface area contributed by atoms with Gasteiger partial charge >= 0.3 is 6.09 Å². The summed E-state index contributed by atoms with van der Waals surface area (Å²) in [7, 11) is 0. The fourth-order valence-electron chi connectivity index (χ4n) is 7.76. The van der Waals surface area contributed by atoms with Gasteiger partial charge in [-0.05, 0) is 73.2 Å². The summed E-state index contributed by atoms with van der Waals surface area (Å²) in [4.78, 5) is 45.1. The monoisotopic (exact) mass is 637 g/mol. The van der Waals surface area contributed by atoms with Gasteiger partial charge in [0.25, 0.3) is 0 Å². The fourth-order valence-corrected chi connectivity index (χ4v) is 8.61. The molecule has 3 amide bonds. The summed E-state index contributed by atoms with van der Waals surface area (Å²) >= 11 is 1.72. The molecule has 3 atom stereocenters. The molecule has 1 aromatic rings. The maximum Gasteiger partial charge on any atom is 0.415 e. The van der Waals surface area contributed by atoms with E-state index >= 15 is 0 Å². The third-order valence-corrected chi connectivity index (χ3v) is 11.5. The topological polar surface area (TPSA) is 103 Å². The highest BCUT2D eigenvalue weighted by molar-refractivity contribution is 8.03. The summed E-state index contributed by atoms with van der Waals surface area (Å²) < 4.78 is 5.84. The molecule has 0 bridgehead atoms. The number of allylic oxidation sites excluding steroid dienone is 1. The minimum absolute atomic E-state index is 0.0134. The van der Waals surface area contributed by atoms with E-state index in [0.29, 0.717) is 42.6 Å². The Morgan fingerprint density at radius 1 is 1.00 bits per heavy atom. The second kappa shape index (κ2) is 15.8. The Morgan fingerprint density at radius 3 is 2.58 bits per heavy atom. The Labute approximate surface area is 272 Å². The highest BCUT2D eigenvalue weighted by Gasteiger charge is 2.41. The molecule has 0 radical (unpaired) electrons. The van der Waals surface area contributed by atoms with Crippen molar-refractivity contribution < 1.29 is 19.1 Å². The lowest BCUT2D eigenvalue weighted by molar-refractivity contribution is -0.145. The van der Waals surface area contributed by atoms with Crippen molar-refractivity contribution >= 4 is 29.7 Å². The number of carbonyl (C=O) groups is 3. The second-order valence-corrected chi connectivity index (χ2v) is 14.8. The summed E-state index contributed by atoms with van der Waals surface area (Å²) in [6.45, 7) is 3.05. The molecule has 2 aliphatic carbocycles. The number of hydrogen-bond donors (Lipinski definition) is 3. The van der Waals surface area contributed by atoms with Gasteiger partial charge in [-0.2, -0.15) is 0 Å². The first-order chi connectivity index (χ1) is 22.0. The minimum atomic E-state index is -0.755. The zero-order chi connectivity index (χ0) is 31.0. The molecular formula is C35H51N5O4S. The fraction of sp³-hybridized carbons (Fsp3) is 0.686. The van der Waals surface area contributed by atoms with Crippen molar-refractivity contribution in [1.82, 2.24) is 25.8 Å². The molecule has 1 unspecified atom stereocenters. The number of thioether (sulfide) groups is 1. The van der Waals surface area contributed by atoms with E-state index in [1.165, 1.54) is 62.5 Å². The lowest BCUT2D eigenvalue weighted by Crippen LogP contribution is -2.65. The number of nitrogens with one attached hydrogen (secondary N) is 3. The molecule has 10 heteroatoms. The van der Waals surface area contributed by atoms with Crippen LogP contribution in [0.3, 0.4) is 0 Å². The maximum atomic E-state index is 14.5. The largest absolute Gasteiger partial charge is 0.415 e. The van der Waals surface area contributed by atoms with E-state index < -0.39 is 12.1 Å². The third kappa shape index (κ3) is 8.63. The molecule has 6 rings (SSSR count). The first-order valence-corrected chi connectivity index (χ1v) is 18.4. The molecule has 246 valence electrons. The van der Waals surface area contributed by atoms with E-state index in [2.05, 4.69) is 27.4 Å². The van der Waals surface area contributed by atoms with Gasteiger partial charge < -0.3 is 30.5 Å². The van der Waals surface area contributed by atoms with Crippen LogP contribution in [0.4, 0.5) is 4.79 Å². The average molecular weight is 638 g/mol. The van der Waals surface area contributed by atoms with Crippen LogP contribution in [-0.2, 0) is 22.6 Å². The zero-order valence-corrected chi connectivity index (χ0v) is 27.5. The van der Waals surface area contributed by atoms with Gasteiger partial charge in [0.05, 0.1) is 12.6 Å². The van der Waals surface area contributed by atoms with E-state index in [9.17, 15) is 14.4 Å². The molecule has 45 heavy (non-hydrogen) atoms. The van der Waals surface area contributed by atoms with Crippen LogP contribution in [0, 0.1) is 5.92 Å². The second-order valence-electron chi connectivity index (χ2n) is 13.6. The number of amides is 3. The Bertz CT molecular complexity index is 1190. The normalized spacial score (nSPS) is 25.1.